The lowest BCUT2D eigenvalue weighted by Crippen LogP contribution is -2.56. The van der Waals surface area contributed by atoms with Crippen LogP contribution in [0.5, 0.6) is 11.5 Å². The summed E-state index contributed by atoms with van der Waals surface area (Å²) in [6, 6.07) is 13.2. The molecular weight excluding hydrogens is 779 g/mol. The number of nitrogens with two attached hydrogens (primary N) is 1. The summed E-state index contributed by atoms with van der Waals surface area (Å²) < 4.78 is 0. The van der Waals surface area contributed by atoms with Crippen molar-refractivity contribution in [2.75, 3.05) is 20.1 Å². The maximum Gasteiger partial charge on any atom is 0.249 e. The molecule has 1 aliphatic heterocycles. The number of hydrogen-bond donors (Lipinski definition) is 7. The van der Waals surface area contributed by atoms with Gasteiger partial charge in [0.05, 0.1) is 6.07 Å². The van der Waals surface area contributed by atoms with Crippen LogP contribution in [0.25, 0.3) is 11.1 Å². The van der Waals surface area contributed by atoms with Crippen molar-refractivity contribution in [3.63, 3.8) is 0 Å². The van der Waals surface area contributed by atoms with Gasteiger partial charge in [0.15, 0.2) is 5.84 Å². The monoisotopic (exact) mass is 833 g/mol. The summed E-state index contributed by atoms with van der Waals surface area (Å²) in [4.78, 5) is 78.7. The molecule has 0 saturated heterocycles. The molecule has 0 fully saturated rings. The van der Waals surface area contributed by atoms with E-state index in [9.17, 15) is 34.2 Å². The highest BCUT2D eigenvalue weighted by Crippen LogP contribution is 2.39. The number of likely N-dealkylation sites (N-methyl/N-ethyl adjacent to an activating group) is 1. The predicted octanol–water partition coefficient (Wildman–Crippen LogP) is 3.46. The highest BCUT2D eigenvalue weighted by molar-refractivity contribution is 6.03. The summed E-state index contributed by atoms with van der Waals surface area (Å²) in [5.74, 6) is -3.71. The van der Waals surface area contributed by atoms with Crippen molar-refractivity contribution in [3.05, 3.63) is 94.2 Å². The van der Waals surface area contributed by atoms with Crippen molar-refractivity contribution in [1.82, 2.24) is 26.2 Å². The minimum atomic E-state index is -1.45. The van der Waals surface area contributed by atoms with Crippen LogP contribution in [0.3, 0.4) is 0 Å². The van der Waals surface area contributed by atoms with E-state index in [-0.39, 0.29) is 59.7 Å². The first-order valence-electron chi connectivity index (χ1n) is 20.1. The Balaban J connectivity index is 1.69. The molecule has 1 aliphatic rings. The van der Waals surface area contributed by atoms with Crippen molar-refractivity contribution in [2.24, 2.45) is 15.7 Å². The fourth-order valence-electron chi connectivity index (χ4n) is 6.83. The van der Waals surface area contributed by atoms with E-state index < -0.39 is 53.7 Å². The number of fused-ring (bicyclic) bond motifs is 5. The summed E-state index contributed by atoms with van der Waals surface area (Å²) in [6.07, 6.45) is 4.25. The number of phenolic OH excluding ortho intramolecular Hbond substituents is 2. The SMILES string of the molecule is C=N/C(=N\C(C)=C(/C)C(=O)N[C@@H](CCN)C(=O)N(C)[C@@H]1C(=O)N[C@@H](C)C(=O)N[C@H](C(=O)NCC#N)Cc2ccc(O)c(c2)-c2cc1ccc2O)c1ccc(CCCCC)cc1. The summed E-state index contributed by atoms with van der Waals surface area (Å²) in [5.41, 5.74) is 9.28. The smallest absolute Gasteiger partial charge is 0.249 e. The van der Waals surface area contributed by atoms with E-state index in [1.165, 1.54) is 49.9 Å². The highest BCUT2D eigenvalue weighted by Gasteiger charge is 2.36. The summed E-state index contributed by atoms with van der Waals surface area (Å²) >= 11 is 0. The van der Waals surface area contributed by atoms with Gasteiger partial charge in [0.2, 0.25) is 29.5 Å². The first-order chi connectivity index (χ1) is 29.1. The number of benzene rings is 3. The fourth-order valence-corrected chi connectivity index (χ4v) is 6.83. The molecular formula is C45H55N9O7. The molecule has 16 heteroatoms. The maximum atomic E-state index is 14.4. The molecule has 3 aromatic carbocycles. The van der Waals surface area contributed by atoms with E-state index in [0.29, 0.717) is 22.7 Å². The van der Waals surface area contributed by atoms with Gasteiger partial charge in [-0.25, -0.2) is 9.98 Å². The minimum absolute atomic E-state index is 0.0143. The molecule has 0 spiro atoms. The third-order valence-electron chi connectivity index (χ3n) is 10.5. The fraction of sp³-hybridized carbons (Fsp3) is 0.378. The molecule has 8 N–H and O–H groups in total. The van der Waals surface area contributed by atoms with Crippen LogP contribution in [0.2, 0.25) is 0 Å². The number of aryl methyl sites for hydroxylation is 1. The van der Waals surface area contributed by atoms with Gasteiger partial charge < -0.3 is 42.1 Å². The van der Waals surface area contributed by atoms with Crippen molar-refractivity contribution >= 4 is 42.1 Å². The molecule has 0 saturated carbocycles. The number of nitrogens with zero attached hydrogens (tertiary/aromatic N) is 4. The summed E-state index contributed by atoms with van der Waals surface area (Å²) in [5, 5.41) is 41.4. The quantitative estimate of drug-likeness (QED) is 0.0413. The van der Waals surface area contributed by atoms with Crippen LogP contribution in [0, 0.1) is 11.3 Å². The van der Waals surface area contributed by atoms with Gasteiger partial charge >= 0.3 is 0 Å². The second-order valence-corrected chi connectivity index (χ2v) is 14.9. The Morgan fingerprint density at radius 2 is 1.67 bits per heavy atom. The standard InChI is InChI=1S/C45H55N9O7/c1-7-8-9-10-29-11-14-31(15-12-29)40(48-5)50-27(3)26(2)41(57)52-35(19-20-46)45(61)54(6)39-32-16-18-38(56)34(25-32)33-23-30(13-17-37(33)55)24-36(43(59)49-22-21-47)53-42(58)28(4)51-44(39)60/h11-18,23,25,28,35-36,39,55-56H,5,7-10,19-20,22,24,46H2,1-4,6H3,(H,49,59)(H,51,60)(H,52,57)(H,53,58)/b27-26+,50-40-/t28-,35-,36-,39-/m0/s1. The Morgan fingerprint density at radius 3 is 2.31 bits per heavy atom. The summed E-state index contributed by atoms with van der Waals surface area (Å²) in [7, 11) is 1.35. The van der Waals surface area contributed by atoms with Crippen molar-refractivity contribution in [2.45, 2.75) is 90.4 Å². The average molecular weight is 834 g/mol. The molecule has 0 unspecified atom stereocenters. The van der Waals surface area contributed by atoms with E-state index in [1.54, 1.807) is 19.9 Å². The van der Waals surface area contributed by atoms with Gasteiger partial charge in [0.25, 0.3) is 0 Å². The van der Waals surface area contributed by atoms with E-state index in [2.05, 4.69) is 44.9 Å². The zero-order valence-electron chi connectivity index (χ0n) is 35.2. The van der Waals surface area contributed by atoms with Crippen LogP contribution < -0.4 is 27.0 Å². The molecule has 5 amide bonds. The third-order valence-corrected chi connectivity index (χ3v) is 10.5. The number of aliphatic imine (C=N–C) groups is 2. The van der Waals surface area contributed by atoms with Gasteiger partial charge in [0.1, 0.15) is 42.2 Å². The molecule has 61 heavy (non-hydrogen) atoms. The van der Waals surface area contributed by atoms with Crippen LogP contribution >= 0.6 is 0 Å². The van der Waals surface area contributed by atoms with Gasteiger partial charge in [-0.2, -0.15) is 5.26 Å². The molecule has 322 valence electrons. The Morgan fingerprint density at radius 1 is 1.00 bits per heavy atom. The summed E-state index contributed by atoms with van der Waals surface area (Å²) in [6.45, 7) is 10.1. The molecule has 1 heterocycles. The number of amides is 5. The normalized spacial score (nSPS) is 17.6. The lowest BCUT2D eigenvalue weighted by molar-refractivity contribution is -0.142. The van der Waals surface area contributed by atoms with E-state index in [1.807, 2.05) is 30.3 Å². The van der Waals surface area contributed by atoms with Crippen LogP contribution in [0.4, 0.5) is 0 Å². The molecule has 0 radical (unpaired) electrons. The number of aromatic hydroxyl groups is 2. The van der Waals surface area contributed by atoms with Crippen molar-refractivity contribution < 1.29 is 34.2 Å². The van der Waals surface area contributed by atoms with Crippen LogP contribution in [-0.2, 0) is 36.8 Å². The predicted molar refractivity (Wildman–Crippen MR) is 232 cm³/mol. The Kier molecular flexibility index (Phi) is 16.8. The number of rotatable bonds is 14. The van der Waals surface area contributed by atoms with Crippen LogP contribution in [-0.4, -0.2) is 95.5 Å². The molecule has 4 bridgehead atoms. The molecule has 4 rings (SSSR count). The second kappa shape index (κ2) is 21.9. The first-order valence-corrected chi connectivity index (χ1v) is 20.1. The van der Waals surface area contributed by atoms with Gasteiger partial charge in [-0.1, -0.05) is 56.2 Å². The zero-order valence-corrected chi connectivity index (χ0v) is 35.2. The van der Waals surface area contributed by atoms with Crippen molar-refractivity contribution in [1.29, 1.82) is 5.26 Å². The van der Waals surface area contributed by atoms with E-state index in [4.69, 9.17) is 11.0 Å². The van der Waals surface area contributed by atoms with Crippen LogP contribution in [0.1, 0.15) is 81.7 Å². The molecule has 3 aromatic rings. The maximum absolute atomic E-state index is 14.4. The third kappa shape index (κ3) is 12.1. The number of allylic oxidation sites excluding steroid dienone is 1. The van der Waals surface area contributed by atoms with E-state index in [0.717, 1.165) is 30.6 Å². The number of nitrogens with one attached hydrogen (secondary N) is 4. The van der Waals surface area contributed by atoms with E-state index >= 15 is 0 Å². The molecule has 4 atom stereocenters. The van der Waals surface area contributed by atoms with Gasteiger partial charge in [-0.3, -0.25) is 24.0 Å². The molecule has 16 nitrogen and oxygen atoms in total. The second-order valence-electron chi connectivity index (χ2n) is 14.9. The molecule has 0 aromatic heterocycles. The number of phenols is 2. The topological polar surface area (TPSA) is 252 Å². The van der Waals surface area contributed by atoms with Gasteiger partial charge in [-0.15, -0.1) is 0 Å². The zero-order chi connectivity index (χ0) is 44.8. The molecule has 0 aliphatic carbocycles. The number of nitriles is 1. The largest absolute Gasteiger partial charge is 0.507 e. The Labute approximate surface area is 356 Å². The minimum Gasteiger partial charge on any atom is -0.507 e. The number of unbranched alkanes of at least 4 members (excludes halogenated alkanes) is 2. The number of hydrogen-bond acceptors (Lipinski definition) is 10. The number of carbonyl (C=O) groups excluding carboxylic acids is 5. The lowest BCUT2D eigenvalue weighted by atomic mass is 9.93. The average Bonchev–Trinajstić information content (AvgIpc) is 3.24. The van der Waals surface area contributed by atoms with Crippen molar-refractivity contribution in [3.8, 4) is 28.7 Å². The highest BCUT2D eigenvalue weighted by atomic mass is 16.3. The van der Waals surface area contributed by atoms with Gasteiger partial charge in [-0.05, 0) is 94.3 Å². The Bertz CT molecular complexity index is 2230. The van der Waals surface area contributed by atoms with Gasteiger partial charge in [0, 0.05) is 41.4 Å². The Hall–Kier alpha value is -6.86. The first kappa shape index (κ1) is 46.8. The van der Waals surface area contributed by atoms with Crippen LogP contribution in [0.15, 0.2) is 81.9 Å². The lowest BCUT2D eigenvalue weighted by Gasteiger charge is -2.32. The number of amidine groups is 1. The number of carbonyl (C=O) groups is 5.